The van der Waals surface area contributed by atoms with E-state index in [1.165, 1.54) is 26.0 Å². The number of hydrogen-bond acceptors (Lipinski definition) is 5. The molecule has 2 aromatic rings. The van der Waals surface area contributed by atoms with Crippen molar-refractivity contribution in [1.82, 2.24) is 19.0 Å². The molecule has 1 aromatic carbocycles. The Morgan fingerprint density at radius 3 is 2.32 bits per heavy atom. The lowest BCUT2D eigenvalue weighted by Crippen LogP contribution is -2.50. The third-order valence-electron chi connectivity index (χ3n) is 4.66. The fraction of sp³-hybridized carbons (Fsp3) is 0.444. The molecule has 1 saturated heterocycles. The number of nitrogens with zero attached hydrogens (tertiary/aromatic N) is 4. The summed E-state index contributed by atoms with van der Waals surface area (Å²) in [5.41, 5.74) is 1.40. The Labute approximate surface area is 163 Å². The monoisotopic (exact) mass is 410 g/mol. The van der Waals surface area contributed by atoms with Crippen molar-refractivity contribution in [2.45, 2.75) is 25.7 Å². The predicted molar refractivity (Wildman–Crippen MR) is 100 cm³/mol. The van der Waals surface area contributed by atoms with Gasteiger partial charge in [-0.3, -0.25) is 0 Å². The Hall–Kier alpha value is -2.46. The summed E-state index contributed by atoms with van der Waals surface area (Å²) in [7, 11) is -3.78. The second-order valence-electron chi connectivity index (χ2n) is 6.48. The van der Waals surface area contributed by atoms with E-state index in [0.717, 1.165) is 0 Å². The van der Waals surface area contributed by atoms with Crippen molar-refractivity contribution in [2.24, 2.45) is 0 Å². The summed E-state index contributed by atoms with van der Waals surface area (Å²) in [6.07, 6.45) is -0.434. The molecule has 1 aromatic heterocycles. The minimum Gasteiger partial charge on any atom is -0.450 e. The van der Waals surface area contributed by atoms with Gasteiger partial charge < -0.3 is 9.64 Å². The average molecular weight is 410 g/mol. The maximum absolute atomic E-state index is 13.2. The van der Waals surface area contributed by atoms with Crippen LogP contribution in [0.2, 0.25) is 0 Å². The van der Waals surface area contributed by atoms with Crippen molar-refractivity contribution < 1.29 is 22.3 Å². The van der Waals surface area contributed by atoms with E-state index in [1.54, 1.807) is 32.9 Å². The van der Waals surface area contributed by atoms with Gasteiger partial charge >= 0.3 is 6.09 Å². The van der Waals surface area contributed by atoms with Crippen LogP contribution in [0, 0.1) is 19.7 Å². The van der Waals surface area contributed by atoms with Gasteiger partial charge in [0.15, 0.2) is 0 Å². The summed E-state index contributed by atoms with van der Waals surface area (Å²) in [5.74, 6) is -0.377. The molecule has 0 radical (unpaired) electrons. The maximum Gasteiger partial charge on any atom is 0.409 e. The number of hydrogen-bond donors (Lipinski definition) is 0. The van der Waals surface area contributed by atoms with E-state index >= 15 is 0 Å². The molecule has 10 heteroatoms. The number of amides is 1. The molecule has 0 saturated carbocycles. The van der Waals surface area contributed by atoms with Crippen LogP contribution in [0.1, 0.15) is 18.3 Å². The van der Waals surface area contributed by atoms with Crippen molar-refractivity contribution in [3.8, 4) is 5.69 Å². The number of aryl methyl sites for hydroxylation is 1. The van der Waals surface area contributed by atoms with Crippen LogP contribution in [0.3, 0.4) is 0 Å². The molecule has 0 aliphatic carbocycles. The number of ether oxygens (including phenoxy) is 1. The zero-order chi connectivity index (χ0) is 20.5. The SMILES string of the molecule is CCOC(=O)N1CCN(S(=O)(=O)c2c(C)nn(-c3ccc(F)cc3)c2C)CC1. The highest BCUT2D eigenvalue weighted by atomic mass is 32.2. The zero-order valence-electron chi connectivity index (χ0n) is 16.1. The van der Waals surface area contributed by atoms with Gasteiger partial charge in [0.1, 0.15) is 10.7 Å². The van der Waals surface area contributed by atoms with E-state index in [4.69, 9.17) is 4.74 Å². The van der Waals surface area contributed by atoms with Gasteiger partial charge in [0.05, 0.1) is 23.7 Å². The minimum absolute atomic E-state index is 0.140. The number of carbonyl (C=O) groups is 1. The molecular weight excluding hydrogens is 387 g/mol. The zero-order valence-corrected chi connectivity index (χ0v) is 16.9. The highest BCUT2D eigenvalue weighted by Gasteiger charge is 2.34. The Balaban J connectivity index is 1.85. The Morgan fingerprint density at radius 1 is 1.14 bits per heavy atom. The highest BCUT2D eigenvalue weighted by Crippen LogP contribution is 2.26. The van der Waals surface area contributed by atoms with Crippen LogP contribution in [0.4, 0.5) is 9.18 Å². The van der Waals surface area contributed by atoms with Crippen LogP contribution in [-0.2, 0) is 14.8 Å². The summed E-state index contributed by atoms with van der Waals surface area (Å²) in [4.78, 5) is 13.4. The van der Waals surface area contributed by atoms with E-state index in [2.05, 4.69) is 5.10 Å². The van der Waals surface area contributed by atoms with Crippen molar-refractivity contribution in [3.63, 3.8) is 0 Å². The van der Waals surface area contributed by atoms with Crippen molar-refractivity contribution in [3.05, 3.63) is 41.5 Å². The molecule has 0 atom stereocenters. The van der Waals surface area contributed by atoms with Gasteiger partial charge in [-0.25, -0.2) is 22.3 Å². The summed E-state index contributed by atoms with van der Waals surface area (Å²) < 4.78 is 47.4. The van der Waals surface area contributed by atoms with E-state index in [1.807, 2.05) is 0 Å². The molecule has 8 nitrogen and oxygen atoms in total. The molecule has 1 fully saturated rings. The van der Waals surface area contributed by atoms with E-state index in [0.29, 0.717) is 17.1 Å². The molecule has 0 unspecified atom stereocenters. The lowest BCUT2D eigenvalue weighted by molar-refractivity contribution is 0.0934. The van der Waals surface area contributed by atoms with Crippen molar-refractivity contribution >= 4 is 16.1 Å². The molecule has 0 N–H and O–H groups in total. The first kappa shape index (κ1) is 20.3. The number of carbonyl (C=O) groups excluding carboxylic acids is 1. The maximum atomic E-state index is 13.2. The number of piperazine rings is 1. The van der Waals surface area contributed by atoms with Crippen LogP contribution >= 0.6 is 0 Å². The smallest absolute Gasteiger partial charge is 0.409 e. The predicted octanol–water partition coefficient (Wildman–Crippen LogP) is 2.09. The van der Waals surface area contributed by atoms with E-state index in [-0.39, 0.29) is 43.5 Å². The second kappa shape index (κ2) is 7.88. The first-order valence-electron chi connectivity index (χ1n) is 8.99. The van der Waals surface area contributed by atoms with Crippen molar-refractivity contribution in [1.29, 1.82) is 0 Å². The first-order chi connectivity index (χ1) is 13.3. The largest absolute Gasteiger partial charge is 0.450 e. The fourth-order valence-corrected chi connectivity index (χ4v) is 5.07. The molecule has 2 heterocycles. The summed E-state index contributed by atoms with van der Waals surface area (Å²) in [6, 6.07) is 5.69. The molecule has 1 aliphatic rings. The Kier molecular flexibility index (Phi) is 5.71. The molecule has 0 bridgehead atoms. The number of benzene rings is 1. The number of halogens is 1. The van der Waals surface area contributed by atoms with Gasteiger partial charge in [-0.2, -0.15) is 9.40 Å². The molecule has 3 rings (SSSR count). The third kappa shape index (κ3) is 3.74. The van der Waals surface area contributed by atoms with Gasteiger partial charge in [0.25, 0.3) is 0 Å². The summed E-state index contributed by atoms with van der Waals surface area (Å²) in [6.45, 7) is 6.20. The fourth-order valence-electron chi connectivity index (χ4n) is 3.29. The van der Waals surface area contributed by atoms with E-state index < -0.39 is 16.1 Å². The molecule has 152 valence electrons. The normalized spacial score (nSPS) is 15.6. The molecular formula is C18H23FN4O4S. The van der Waals surface area contributed by atoms with Gasteiger partial charge in [-0.15, -0.1) is 0 Å². The minimum atomic E-state index is -3.78. The van der Waals surface area contributed by atoms with E-state index in [9.17, 15) is 17.6 Å². The van der Waals surface area contributed by atoms with Gasteiger partial charge in [-0.05, 0) is 45.0 Å². The molecule has 28 heavy (non-hydrogen) atoms. The highest BCUT2D eigenvalue weighted by molar-refractivity contribution is 7.89. The van der Waals surface area contributed by atoms with Crippen LogP contribution in [0.5, 0.6) is 0 Å². The Bertz CT molecular complexity index is 964. The van der Waals surface area contributed by atoms with Crippen LogP contribution in [0.25, 0.3) is 5.69 Å². The van der Waals surface area contributed by atoms with Crippen LogP contribution in [-0.4, -0.2) is 66.3 Å². The van der Waals surface area contributed by atoms with Crippen LogP contribution < -0.4 is 0 Å². The van der Waals surface area contributed by atoms with Crippen LogP contribution in [0.15, 0.2) is 29.2 Å². The third-order valence-corrected chi connectivity index (χ3v) is 6.81. The lowest BCUT2D eigenvalue weighted by atomic mass is 10.3. The number of aromatic nitrogens is 2. The molecule has 1 amide bonds. The van der Waals surface area contributed by atoms with Gasteiger partial charge in [-0.1, -0.05) is 0 Å². The standard InChI is InChI=1S/C18H23FN4O4S/c1-4-27-18(24)21-9-11-22(12-10-21)28(25,26)17-13(2)20-23(14(17)3)16-7-5-15(19)6-8-16/h5-8H,4,9-12H2,1-3H3. The average Bonchev–Trinajstić information content (AvgIpc) is 2.97. The van der Waals surface area contributed by atoms with Crippen molar-refractivity contribution in [2.75, 3.05) is 32.8 Å². The van der Waals surface area contributed by atoms with Gasteiger partial charge in [0.2, 0.25) is 10.0 Å². The molecule has 1 aliphatic heterocycles. The Morgan fingerprint density at radius 2 is 1.75 bits per heavy atom. The quantitative estimate of drug-likeness (QED) is 0.771. The summed E-state index contributed by atoms with van der Waals surface area (Å²) >= 11 is 0. The lowest BCUT2D eigenvalue weighted by Gasteiger charge is -2.33. The number of sulfonamides is 1. The first-order valence-corrected chi connectivity index (χ1v) is 10.4. The summed E-state index contributed by atoms with van der Waals surface area (Å²) in [5, 5.41) is 4.34. The topological polar surface area (TPSA) is 84.7 Å². The second-order valence-corrected chi connectivity index (χ2v) is 8.35. The van der Waals surface area contributed by atoms with Gasteiger partial charge in [0, 0.05) is 26.2 Å². The molecule has 0 spiro atoms. The number of rotatable bonds is 4.